The Bertz CT molecular complexity index is 628. The van der Waals surface area contributed by atoms with Crippen LogP contribution in [0.4, 0.5) is 0 Å². The SMILES string of the molecule is C=CCOc1ccc(Br)cc1/C=C1\SC(=S)N(CC)C1=O. The van der Waals surface area contributed by atoms with Crippen molar-refractivity contribution in [1.82, 2.24) is 4.90 Å². The Morgan fingerprint density at radius 1 is 1.52 bits per heavy atom. The number of amides is 1. The van der Waals surface area contributed by atoms with E-state index in [1.165, 1.54) is 11.8 Å². The number of likely N-dealkylation sites (N-methyl/N-ethyl adjacent to an activating group) is 1. The van der Waals surface area contributed by atoms with Crippen LogP contribution in [-0.4, -0.2) is 28.3 Å². The molecule has 0 bridgehead atoms. The first-order chi connectivity index (χ1) is 10.1. The molecule has 0 spiro atoms. The molecule has 1 fully saturated rings. The fraction of sp³-hybridized carbons (Fsp3) is 0.200. The number of thiocarbonyl (C=S) groups is 1. The normalized spacial score (nSPS) is 16.7. The summed E-state index contributed by atoms with van der Waals surface area (Å²) < 4.78 is 7.13. The third-order valence-corrected chi connectivity index (χ3v) is 4.68. The van der Waals surface area contributed by atoms with Crippen LogP contribution in [0.1, 0.15) is 12.5 Å². The van der Waals surface area contributed by atoms with Crippen LogP contribution in [0.5, 0.6) is 5.75 Å². The van der Waals surface area contributed by atoms with E-state index in [0.29, 0.717) is 28.1 Å². The Balaban J connectivity index is 2.36. The third-order valence-electron chi connectivity index (χ3n) is 2.80. The van der Waals surface area contributed by atoms with Crippen molar-refractivity contribution in [1.29, 1.82) is 0 Å². The van der Waals surface area contributed by atoms with Crippen molar-refractivity contribution >= 4 is 56.2 Å². The molecule has 3 nitrogen and oxygen atoms in total. The predicted octanol–water partition coefficient (Wildman–Crippen LogP) is 4.24. The van der Waals surface area contributed by atoms with Crippen LogP contribution in [0.3, 0.4) is 0 Å². The zero-order valence-corrected chi connectivity index (χ0v) is 14.7. The molecule has 0 aromatic heterocycles. The zero-order valence-electron chi connectivity index (χ0n) is 11.5. The number of ether oxygens (including phenoxy) is 1. The van der Waals surface area contributed by atoms with Crippen molar-refractivity contribution in [3.8, 4) is 5.75 Å². The Labute approximate surface area is 142 Å². The first-order valence-electron chi connectivity index (χ1n) is 6.35. The average molecular weight is 384 g/mol. The van der Waals surface area contributed by atoms with Crippen molar-refractivity contribution in [2.45, 2.75) is 6.92 Å². The second-order valence-corrected chi connectivity index (χ2v) is 6.80. The fourth-order valence-electron chi connectivity index (χ4n) is 1.83. The summed E-state index contributed by atoms with van der Waals surface area (Å²) in [4.78, 5) is 14.4. The van der Waals surface area contributed by atoms with Crippen molar-refractivity contribution < 1.29 is 9.53 Å². The Hall–Kier alpha value is -1.11. The van der Waals surface area contributed by atoms with Crippen molar-refractivity contribution in [2.75, 3.05) is 13.2 Å². The number of halogens is 1. The van der Waals surface area contributed by atoms with Crippen LogP contribution in [0.2, 0.25) is 0 Å². The molecule has 0 atom stereocenters. The minimum absolute atomic E-state index is 0.0536. The lowest BCUT2D eigenvalue weighted by Crippen LogP contribution is -2.27. The average Bonchev–Trinajstić information content (AvgIpc) is 2.72. The van der Waals surface area contributed by atoms with Crippen LogP contribution in [-0.2, 0) is 4.79 Å². The summed E-state index contributed by atoms with van der Waals surface area (Å²) in [5, 5.41) is 0. The number of thioether (sulfide) groups is 1. The van der Waals surface area contributed by atoms with Gasteiger partial charge in [0.05, 0.1) is 4.91 Å². The van der Waals surface area contributed by atoms with E-state index in [0.717, 1.165) is 10.0 Å². The largest absolute Gasteiger partial charge is 0.489 e. The molecule has 1 aliphatic heterocycles. The molecule has 1 saturated heterocycles. The van der Waals surface area contributed by atoms with E-state index < -0.39 is 0 Å². The minimum atomic E-state index is -0.0536. The van der Waals surface area contributed by atoms with Gasteiger partial charge in [-0.2, -0.15) is 0 Å². The number of hydrogen-bond acceptors (Lipinski definition) is 4. The van der Waals surface area contributed by atoms with Gasteiger partial charge in [-0.1, -0.05) is 52.6 Å². The van der Waals surface area contributed by atoms with Crippen molar-refractivity contribution in [3.05, 3.63) is 45.8 Å². The summed E-state index contributed by atoms with van der Waals surface area (Å²) in [5.41, 5.74) is 0.836. The Morgan fingerprint density at radius 2 is 2.29 bits per heavy atom. The molecular formula is C15H14BrNO2S2. The molecule has 0 N–H and O–H groups in total. The predicted molar refractivity (Wildman–Crippen MR) is 95.4 cm³/mol. The molecule has 0 unspecified atom stereocenters. The van der Waals surface area contributed by atoms with Gasteiger partial charge in [0.2, 0.25) is 0 Å². The van der Waals surface area contributed by atoms with Gasteiger partial charge in [-0.05, 0) is 31.2 Å². The van der Waals surface area contributed by atoms with E-state index in [1.54, 1.807) is 11.0 Å². The van der Waals surface area contributed by atoms with Gasteiger partial charge in [-0.15, -0.1) is 0 Å². The van der Waals surface area contributed by atoms with Crippen LogP contribution in [0.25, 0.3) is 6.08 Å². The molecule has 1 aliphatic rings. The van der Waals surface area contributed by atoms with Crippen LogP contribution >= 0.6 is 39.9 Å². The monoisotopic (exact) mass is 383 g/mol. The van der Waals surface area contributed by atoms with Gasteiger partial charge in [-0.25, -0.2) is 0 Å². The molecule has 0 saturated carbocycles. The lowest BCUT2D eigenvalue weighted by Gasteiger charge is -2.10. The van der Waals surface area contributed by atoms with Gasteiger partial charge >= 0.3 is 0 Å². The molecule has 0 aliphatic carbocycles. The highest BCUT2D eigenvalue weighted by molar-refractivity contribution is 9.10. The van der Waals surface area contributed by atoms with Crippen LogP contribution < -0.4 is 4.74 Å². The highest BCUT2D eigenvalue weighted by atomic mass is 79.9. The molecule has 110 valence electrons. The number of hydrogen-bond donors (Lipinski definition) is 0. The van der Waals surface area contributed by atoms with Gasteiger partial charge in [0, 0.05) is 16.6 Å². The van der Waals surface area contributed by atoms with E-state index >= 15 is 0 Å². The van der Waals surface area contributed by atoms with Gasteiger partial charge in [0.15, 0.2) is 0 Å². The number of benzene rings is 1. The third kappa shape index (κ3) is 3.75. The summed E-state index contributed by atoms with van der Waals surface area (Å²) in [6.45, 7) is 6.54. The maximum atomic E-state index is 12.2. The lowest BCUT2D eigenvalue weighted by atomic mass is 10.2. The first-order valence-corrected chi connectivity index (χ1v) is 8.37. The molecule has 1 aromatic carbocycles. The fourth-order valence-corrected chi connectivity index (χ4v) is 3.58. The summed E-state index contributed by atoms with van der Waals surface area (Å²) in [6.07, 6.45) is 3.50. The second-order valence-electron chi connectivity index (χ2n) is 4.21. The van der Waals surface area contributed by atoms with E-state index in [1.807, 2.05) is 31.2 Å². The number of carbonyl (C=O) groups excluding carboxylic acids is 1. The smallest absolute Gasteiger partial charge is 0.266 e. The topological polar surface area (TPSA) is 29.5 Å². The second kappa shape index (κ2) is 7.24. The first kappa shape index (κ1) is 16.3. The van der Waals surface area contributed by atoms with E-state index in [-0.39, 0.29) is 5.91 Å². The highest BCUT2D eigenvalue weighted by Crippen LogP contribution is 2.34. The molecule has 21 heavy (non-hydrogen) atoms. The van der Waals surface area contributed by atoms with Gasteiger partial charge in [0.1, 0.15) is 16.7 Å². The minimum Gasteiger partial charge on any atom is -0.489 e. The molecule has 6 heteroatoms. The van der Waals surface area contributed by atoms with Gasteiger partial charge in [-0.3, -0.25) is 9.69 Å². The maximum Gasteiger partial charge on any atom is 0.266 e. The quantitative estimate of drug-likeness (QED) is 0.432. The molecule has 1 heterocycles. The lowest BCUT2D eigenvalue weighted by molar-refractivity contribution is -0.121. The standard InChI is InChI=1S/C15H14BrNO2S2/c1-3-7-19-12-6-5-11(16)8-10(12)9-13-14(18)17(4-2)15(20)21-13/h3,5-6,8-9H,1,4,7H2,2H3/b13-9-. The van der Waals surface area contributed by atoms with Crippen LogP contribution in [0, 0.1) is 0 Å². The molecule has 0 radical (unpaired) electrons. The van der Waals surface area contributed by atoms with E-state index in [4.69, 9.17) is 17.0 Å². The van der Waals surface area contributed by atoms with E-state index in [2.05, 4.69) is 22.5 Å². The Morgan fingerprint density at radius 3 is 2.90 bits per heavy atom. The molecular weight excluding hydrogens is 370 g/mol. The molecule has 2 rings (SSSR count). The number of nitrogens with zero attached hydrogens (tertiary/aromatic N) is 1. The highest BCUT2D eigenvalue weighted by Gasteiger charge is 2.30. The summed E-state index contributed by atoms with van der Waals surface area (Å²) in [7, 11) is 0. The van der Waals surface area contributed by atoms with Gasteiger partial charge in [0.25, 0.3) is 5.91 Å². The molecule has 1 aromatic rings. The van der Waals surface area contributed by atoms with Crippen LogP contribution in [0.15, 0.2) is 40.2 Å². The Kier molecular flexibility index (Phi) is 5.61. The number of rotatable bonds is 5. The van der Waals surface area contributed by atoms with Crippen molar-refractivity contribution in [2.24, 2.45) is 0 Å². The summed E-state index contributed by atoms with van der Waals surface area (Å²) in [6, 6.07) is 5.67. The summed E-state index contributed by atoms with van der Waals surface area (Å²) in [5.74, 6) is 0.655. The maximum absolute atomic E-state index is 12.2. The zero-order chi connectivity index (χ0) is 15.4. The van der Waals surface area contributed by atoms with E-state index in [9.17, 15) is 4.79 Å². The van der Waals surface area contributed by atoms with Crippen molar-refractivity contribution in [3.63, 3.8) is 0 Å². The van der Waals surface area contributed by atoms with Gasteiger partial charge < -0.3 is 4.74 Å². The molecule has 1 amide bonds. The summed E-state index contributed by atoms with van der Waals surface area (Å²) >= 11 is 9.96. The number of carbonyl (C=O) groups is 1.